The number of hydrogen-bond acceptors (Lipinski definition) is 2. The first kappa shape index (κ1) is 16.7. The van der Waals surface area contributed by atoms with E-state index in [1.54, 1.807) is 4.90 Å². The van der Waals surface area contributed by atoms with E-state index in [4.69, 9.17) is 0 Å². The van der Waals surface area contributed by atoms with Crippen molar-refractivity contribution in [2.24, 2.45) is 0 Å². The number of nitrogens with one attached hydrogen (secondary N) is 1. The Bertz CT molecular complexity index is 733. The largest absolute Gasteiger partial charge is 0.337 e. The van der Waals surface area contributed by atoms with E-state index in [9.17, 15) is 9.00 Å². The molecule has 0 fully saturated rings. The van der Waals surface area contributed by atoms with Crippen LogP contribution in [0.25, 0.3) is 0 Å². The number of carbonyl (C=O) groups excluding carboxylic acids is 1. The fourth-order valence-corrected chi connectivity index (χ4v) is 4.10. The molecule has 0 unspecified atom stereocenters. The standard InChI is InChI=1S/C19H22N2O2S/c1-15-13-17-9-5-6-10-18(17)21(15)19(22)20-11-12-24(23)14-16-7-3-2-4-8-16/h2-10,15H,11-14H2,1H3,(H,20,22)/t15-,24-/m0/s1. The van der Waals surface area contributed by atoms with E-state index in [1.807, 2.05) is 55.5 Å². The summed E-state index contributed by atoms with van der Waals surface area (Å²) in [6.45, 7) is 2.47. The molecule has 2 amide bonds. The number of urea groups is 1. The summed E-state index contributed by atoms with van der Waals surface area (Å²) in [5.41, 5.74) is 3.24. The van der Waals surface area contributed by atoms with Crippen LogP contribution in [-0.4, -0.2) is 28.6 Å². The second-order valence-corrected chi connectivity index (χ2v) is 7.63. The van der Waals surface area contributed by atoms with Gasteiger partial charge in [-0.15, -0.1) is 0 Å². The van der Waals surface area contributed by atoms with Crippen LogP contribution in [0.5, 0.6) is 0 Å². The molecule has 2 aromatic rings. The lowest BCUT2D eigenvalue weighted by Crippen LogP contribution is -2.44. The minimum Gasteiger partial charge on any atom is -0.337 e. The van der Waals surface area contributed by atoms with Crippen LogP contribution in [0.1, 0.15) is 18.1 Å². The van der Waals surface area contributed by atoms with Crippen LogP contribution < -0.4 is 10.2 Å². The molecule has 1 aliphatic rings. The number of rotatable bonds is 5. The molecule has 0 aromatic heterocycles. The molecule has 2 atom stereocenters. The van der Waals surface area contributed by atoms with Crippen LogP contribution in [0.15, 0.2) is 54.6 Å². The molecule has 0 aliphatic carbocycles. The number of benzene rings is 2. The Labute approximate surface area is 145 Å². The maximum Gasteiger partial charge on any atom is 0.322 e. The van der Waals surface area contributed by atoms with Gasteiger partial charge < -0.3 is 5.32 Å². The average Bonchev–Trinajstić information content (AvgIpc) is 2.91. The van der Waals surface area contributed by atoms with Gasteiger partial charge in [0.2, 0.25) is 0 Å². The molecule has 3 rings (SSSR count). The number of nitrogens with zero attached hydrogens (tertiary/aromatic N) is 1. The molecule has 1 N–H and O–H groups in total. The minimum atomic E-state index is -0.976. The third-order valence-corrected chi connectivity index (χ3v) is 5.52. The predicted molar refractivity (Wildman–Crippen MR) is 98.6 cm³/mol. The molecule has 0 spiro atoms. The lowest BCUT2D eigenvalue weighted by Gasteiger charge is -2.23. The molecule has 0 saturated carbocycles. The van der Waals surface area contributed by atoms with Gasteiger partial charge in [-0.05, 0) is 30.5 Å². The van der Waals surface area contributed by atoms with Crippen molar-refractivity contribution in [1.82, 2.24) is 5.32 Å². The molecule has 2 aromatic carbocycles. The van der Waals surface area contributed by atoms with E-state index in [-0.39, 0.29) is 12.1 Å². The Hall–Kier alpha value is -2.14. The van der Waals surface area contributed by atoms with Crippen molar-refractivity contribution in [3.05, 3.63) is 65.7 Å². The van der Waals surface area contributed by atoms with Gasteiger partial charge >= 0.3 is 6.03 Å². The number of anilines is 1. The summed E-state index contributed by atoms with van der Waals surface area (Å²) >= 11 is 0. The number of para-hydroxylation sites is 1. The average molecular weight is 342 g/mol. The zero-order chi connectivity index (χ0) is 16.9. The second kappa shape index (κ2) is 7.62. The normalized spacial score (nSPS) is 17.4. The van der Waals surface area contributed by atoms with Crippen molar-refractivity contribution in [3.8, 4) is 0 Å². The van der Waals surface area contributed by atoms with Gasteiger partial charge in [0, 0.05) is 40.6 Å². The SMILES string of the molecule is C[C@H]1Cc2ccccc2N1C(=O)NCC[S@](=O)Cc1ccccc1. The Morgan fingerprint density at radius 3 is 2.67 bits per heavy atom. The smallest absolute Gasteiger partial charge is 0.322 e. The number of amides is 2. The van der Waals surface area contributed by atoms with Crippen molar-refractivity contribution in [3.63, 3.8) is 0 Å². The van der Waals surface area contributed by atoms with Crippen molar-refractivity contribution >= 4 is 22.5 Å². The zero-order valence-corrected chi connectivity index (χ0v) is 14.6. The van der Waals surface area contributed by atoms with Crippen LogP contribution in [0, 0.1) is 0 Å². The zero-order valence-electron chi connectivity index (χ0n) is 13.8. The minimum absolute atomic E-state index is 0.107. The highest BCUT2D eigenvalue weighted by molar-refractivity contribution is 7.84. The van der Waals surface area contributed by atoms with Gasteiger partial charge in [-0.3, -0.25) is 9.11 Å². The summed E-state index contributed by atoms with van der Waals surface area (Å²) < 4.78 is 12.1. The van der Waals surface area contributed by atoms with E-state index >= 15 is 0 Å². The van der Waals surface area contributed by atoms with Crippen LogP contribution in [0.4, 0.5) is 10.5 Å². The van der Waals surface area contributed by atoms with Gasteiger partial charge in [-0.25, -0.2) is 4.79 Å². The molecule has 126 valence electrons. The quantitative estimate of drug-likeness (QED) is 0.908. The van der Waals surface area contributed by atoms with Gasteiger partial charge in [-0.2, -0.15) is 0 Å². The monoisotopic (exact) mass is 342 g/mol. The third-order valence-electron chi connectivity index (χ3n) is 4.20. The maximum absolute atomic E-state index is 12.5. The van der Waals surface area contributed by atoms with Crippen molar-refractivity contribution in [1.29, 1.82) is 0 Å². The van der Waals surface area contributed by atoms with Gasteiger partial charge in [-0.1, -0.05) is 48.5 Å². The second-order valence-electron chi connectivity index (χ2n) is 6.06. The van der Waals surface area contributed by atoms with E-state index in [2.05, 4.69) is 11.4 Å². The van der Waals surface area contributed by atoms with Crippen molar-refractivity contribution in [2.75, 3.05) is 17.2 Å². The Kier molecular flexibility index (Phi) is 5.30. The first-order valence-corrected chi connectivity index (χ1v) is 9.68. The Balaban J connectivity index is 1.50. The van der Waals surface area contributed by atoms with Gasteiger partial charge in [0.25, 0.3) is 0 Å². The van der Waals surface area contributed by atoms with E-state index < -0.39 is 10.8 Å². The fourth-order valence-electron chi connectivity index (χ4n) is 3.06. The number of fused-ring (bicyclic) bond motifs is 1. The molecule has 4 nitrogen and oxygen atoms in total. The Morgan fingerprint density at radius 1 is 1.17 bits per heavy atom. The Morgan fingerprint density at radius 2 is 1.88 bits per heavy atom. The lowest BCUT2D eigenvalue weighted by molar-refractivity contribution is 0.245. The van der Waals surface area contributed by atoms with Crippen LogP contribution >= 0.6 is 0 Å². The lowest BCUT2D eigenvalue weighted by atomic mass is 10.1. The molecule has 5 heteroatoms. The van der Waals surface area contributed by atoms with Crippen molar-refractivity contribution in [2.45, 2.75) is 25.1 Å². The van der Waals surface area contributed by atoms with E-state index in [1.165, 1.54) is 5.56 Å². The van der Waals surface area contributed by atoms with Crippen LogP contribution in [0.2, 0.25) is 0 Å². The summed E-state index contributed by atoms with van der Waals surface area (Å²) in [6, 6.07) is 17.8. The number of carbonyl (C=O) groups is 1. The topological polar surface area (TPSA) is 49.4 Å². The van der Waals surface area contributed by atoms with E-state index in [0.29, 0.717) is 18.1 Å². The molecule has 0 radical (unpaired) electrons. The predicted octanol–water partition coefficient (Wildman–Crippen LogP) is 3.10. The van der Waals surface area contributed by atoms with Crippen LogP contribution in [-0.2, 0) is 23.0 Å². The first-order chi connectivity index (χ1) is 11.6. The molecular formula is C19H22N2O2S. The highest BCUT2D eigenvalue weighted by Crippen LogP contribution is 2.31. The molecular weight excluding hydrogens is 320 g/mol. The summed E-state index contributed by atoms with van der Waals surface area (Å²) in [7, 11) is -0.976. The van der Waals surface area contributed by atoms with Gasteiger partial charge in [0.1, 0.15) is 0 Å². The number of hydrogen-bond donors (Lipinski definition) is 1. The first-order valence-electron chi connectivity index (χ1n) is 8.19. The van der Waals surface area contributed by atoms with Gasteiger partial charge in [0.05, 0.1) is 0 Å². The van der Waals surface area contributed by atoms with Crippen LogP contribution in [0.3, 0.4) is 0 Å². The highest BCUT2D eigenvalue weighted by atomic mass is 32.2. The summed E-state index contributed by atoms with van der Waals surface area (Å²) in [6.07, 6.45) is 0.879. The molecule has 1 heterocycles. The summed E-state index contributed by atoms with van der Waals surface area (Å²) in [5, 5.41) is 2.91. The molecule has 24 heavy (non-hydrogen) atoms. The fraction of sp³-hybridized carbons (Fsp3) is 0.316. The van der Waals surface area contributed by atoms with E-state index in [0.717, 1.165) is 17.7 Å². The maximum atomic E-state index is 12.5. The molecule has 1 aliphatic heterocycles. The summed E-state index contributed by atoms with van der Waals surface area (Å²) in [5.74, 6) is 0.990. The van der Waals surface area contributed by atoms with Gasteiger partial charge in [0.15, 0.2) is 0 Å². The third kappa shape index (κ3) is 3.85. The summed E-state index contributed by atoms with van der Waals surface area (Å²) in [4.78, 5) is 14.3. The van der Waals surface area contributed by atoms with Crippen molar-refractivity contribution < 1.29 is 9.00 Å². The molecule has 0 bridgehead atoms. The highest BCUT2D eigenvalue weighted by Gasteiger charge is 2.30. The molecule has 0 saturated heterocycles.